The van der Waals surface area contributed by atoms with Gasteiger partial charge in [0.15, 0.2) is 0 Å². The second kappa shape index (κ2) is 6.03. The Hall–Kier alpha value is -1.31. The second-order valence-corrected chi connectivity index (χ2v) is 5.37. The average Bonchev–Trinajstić information content (AvgIpc) is 2.35. The Morgan fingerprint density at radius 1 is 1.39 bits per heavy atom. The van der Waals surface area contributed by atoms with E-state index in [2.05, 4.69) is 9.46 Å². The van der Waals surface area contributed by atoms with E-state index in [1.807, 2.05) is 0 Å². The Labute approximate surface area is 110 Å². The highest BCUT2D eigenvalue weighted by molar-refractivity contribution is 7.89. The second-order valence-electron chi connectivity index (χ2n) is 3.20. The first-order valence-electron chi connectivity index (χ1n) is 4.80. The molecule has 0 aliphatic heterocycles. The van der Waals surface area contributed by atoms with Crippen molar-refractivity contribution in [2.45, 2.75) is 4.90 Å². The molecule has 8 heteroatoms. The summed E-state index contributed by atoms with van der Waals surface area (Å²) in [7, 11) is -1.37. The molecular weight excluding hydrogens is 282 g/mol. The summed E-state index contributed by atoms with van der Waals surface area (Å²) < 4.78 is 35.2. The van der Waals surface area contributed by atoms with Gasteiger partial charge in [0.2, 0.25) is 10.0 Å². The summed E-state index contributed by atoms with van der Waals surface area (Å²) in [6, 6.07) is 4.08. The number of sulfonamides is 1. The molecule has 0 aliphatic carbocycles. The zero-order chi connectivity index (χ0) is 13.8. The van der Waals surface area contributed by atoms with Gasteiger partial charge in [0.05, 0.1) is 14.2 Å². The number of nitrogens with one attached hydrogen (secondary N) is 1. The van der Waals surface area contributed by atoms with Gasteiger partial charge in [-0.3, -0.25) is 4.79 Å². The smallest absolute Gasteiger partial charge is 0.320 e. The number of hydrogen-bond acceptors (Lipinski definition) is 5. The maximum atomic E-state index is 11.9. The molecular formula is C10H12ClNO5S. The summed E-state index contributed by atoms with van der Waals surface area (Å²) in [5.41, 5.74) is 0. The topological polar surface area (TPSA) is 81.7 Å². The molecule has 1 N–H and O–H groups in total. The van der Waals surface area contributed by atoms with E-state index in [4.69, 9.17) is 16.3 Å². The molecule has 0 heterocycles. The van der Waals surface area contributed by atoms with Gasteiger partial charge in [-0.15, -0.1) is 0 Å². The van der Waals surface area contributed by atoms with Gasteiger partial charge >= 0.3 is 5.97 Å². The number of benzene rings is 1. The van der Waals surface area contributed by atoms with Crippen LogP contribution in [0.5, 0.6) is 5.75 Å². The molecule has 0 spiro atoms. The van der Waals surface area contributed by atoms with Crippen LogP contribution in [0.3, 0.4) is 0 Å². The Morgan fingerprint density at radius 2 is 2.06 bits per heavy atom. The van der Waals surface area contributed by atoms with Crippen molar-refractivity contribution in [3.05, 3.63) is 23.2 Å². The van der Waals surface area contributed by atoms with Gasteiger partial charge in [-0.1, -0.05) is 11.6 Å². The fourth-order valence-electron chi connectivity index (χ4n) is 1.17. The van der Waals surface area contributed by atoms with Crippen LogP contribution in [-0.2, 0) is 19.6 Å². The maximum absolute atomic E-state index is 11.9. The van der Waals surface area contributed by atoms with Crippen molar-refractivity contribution in [2.75, 3.05) is 20.8 Å². The summed E-state index contributed by atoms with van der Waals surface area (Å²) in [4.78, 5) is 10.8. The zero-order valence-corrected chi connectivity index (χ0v) is 11.3. The number of methoxy groups -OCH3 is 2. The molecule has 100 valence electrons. The third-order valence-corrected chi connectivity index (χ3v) is 3.73. The Balaban J connectivity index is 3.01. The van der Waals surface area contributed by atoms with E-state index in [9.17, 15) is 13.2 Å². The predicted octanol–water partition coefficient (Wildman–Crippen LogP) is 0.800. The first-order valence-corrected chi connectivity index (χ1v) is 6.67. The van der Waals surface area contributed by atoms with Crippen molar-refractivity contribution in [1.29, 1.82) is 0 Å². The first-order chi connectivity index (χ1) is 8.40. The van der Waals surface area contributed by atoms with Crippen LogP contribution < -0.4 is 9.46 Å². The zero-order valence-electron chi connectivity index (χ0n) is 9.77. The molecule has 18 heavy (non-hydrogen) atoms. The molecule has 0 saturated heterocycles. The highest BCUT2D eigenvalue weighted by atomic mass is 35.5. The molecule has 6 nitrogen and oxygen atoms in total. The van der Waals surface area contributed by atoms with E-state index in [0.29, 0.717) is 5.02 Å². The summed E-state index contributed by atoms with van der Waals surface area (Å²) in [5.74, 6) is -0.591. The number of ether oxygens (including phenoxy) is 2. The lowest BCUT2D eigenvalue weighted by Gasteiger charge is -2.10. The number of carbonyl (C=O) groups is 1. The Morgan fingerprint density at radius 3 is 2.61 bits per heavy atom. The molecule has 0 amide bonds. The van der Waals surface area contributed by atoms with Gasteiger partial charge in [-0.25, -0.2) is 8.42 Å². The number of hydrogen-bond donors (Lipinski definition) is 1. The fraction of sp³-hybridized carbons (Fsp3) is 0.300. The van der Waals surface area contributed by atoms with Crippen molar-refractivity contribution in [1.82, 2.24) is 4.72 Å². The quantitative estimate of drug-likeness (QED) is 0.812. The molecule has 0 bridgehead atoms. The molecule has 1 rings (SSSR count). The minimum absolute atomic E-state index is 0.0971. The summed E-state index contributed by atoms with van der Waals surface area (Å²) >= 11 is 5.73. The van der Waals surface area contributed by atoms with E-state index in [1.165, 1.54) is 32.4 Å². The molecule has 1 aromatic rings. The van der Waals surface area contributed by atoms with Crippen LogP contribution in [0, 0.1) is 0 Å². The molecule has 0 atom stereocenters. The highest BCUT2D eigenvalue weighted by Gasteiger charge is 2.20. The van der Waals surface area contributed by atoms with E-state index in [-0.39, 0.29) is 10.6 Å². The van der Waals surface area contributed by atoms with Crippen molar-refractivity contribution in [3.63, 3.8) is 0 Å². The molecule has 0 unspecified atom stereocenters. The minimum Gasteiger partial charge on any atom is -0.495 e. The summed E-state index contributed by atoms with van der Waals surface area (Å²) in [6.07, 6.45) is 0. The molecule has 0 saturated carbocycles. The third-order valence-electron chi connectivity index (χ3n) is 2.05. The van der Waals surface area contributed by atoms with E-state index in [1.54, 1.807) is 0 Å². The highest BCUT2D eigenvalue weighted by Crippen LogP contribution is 2.26. The lowest BCUT2D eigenvalue weighted by molar-refractivity contribution is -0.139. The van der Waals surface area contributed by atoms with Crippen LogP contribution in [0.2, 0.25) is 5.02 Å². The lowest BCUT2D eigenvalue weighted by Crippen LogP contribution is -2.30. The number of carbonyl (C=O) groups excluding carboxylic acids is 1. The van der Waals surface area contributed by atoms with E-state index >= 15 is 0 Å². The predicted molar refractivity (Wildman–Crippen MR) is 65.2 cm³/mol. The summed E-state index contributed by atoms with van der Waals surface area (Å²) in [5, 5.41) is 0.346. The lowest BCUT2D eigenvalue weighted by atomic mass is 10.3. The first kappa shape index (κ1) is 14.7. The van der Waals surface area contributed by atoms with Crippen molar-refractivity contribution < 1.29 is 22.7 Å². The van der Waals surface area contributed by atoms with Gasteiger partial charge in [0, 0.05) is 11.1 Å². The Bertz CT molecular complexity index is 543. The van der Waals surface area contributed by atoms with E-state index in [0.717, 1.165) is 0 Å². The van der Waals surface area contributed by atoms with E-state index < -0.39 is 22.5 Å². The van der Waals surface area contributed by atoms with Gasteiger partial charge < -0.3 is 9.47 Å². The van der Waals surface area contributed by atoms with Crippen LogP contribution in [0.1, 0.15) is 0 Å². The fourth-order valence-corrected chi connectivity index (χ4v) is 2.45. The van der Waals surface area contributed by atoms with Crippen LogP contribution in [0.4, 0.5) is 0 Å². The Kier molecular flexibility index (Phi) is 4.94. The van der Waals surface area contributed by atoms with Crippen LogP contribution >= 0.6 is 11.6 Å². The number of rotatable bonds is 5. The number of halogens is 1. The molecule has 1 aromatic carbocycles. The maximum Gasteiger partial charge on any atom is 0.320 e. The van der Waals surface area contributed by atoms with Gasteiger partial charge in [-0.05, 0) is 12.1 Å². The van der Waals surface area contributed by atoms with Crippen LogP contribution in [-0.4, -0.2) is 35.2 Å². The SMILES string of the molecule is COC(=O)CNS(=O)(=O)c1ccc(Cl)cc1OC. The third kappa shape index (κ3) is 3.59. The van der Waals surface area contributed by atoms with Gasteiger partial charge in [0.1, 0.15) is 17.2 Å². The van der Waals surface area contributed by atoms with Crippen molar-refractivity contribution >= 4 is 27.6 Å². The minimum atomic E-state index is -3.86. The standard InChI is InChI=1S/C10H12ClNO5S/c1-16-8-5-7(11)3-4-9(8)18(14,15)12-6-10(13)17-2/h3-5,12H,6H2,1-2H3. The van der Waals surface area contributed by atoms with Crippen molar-refractivity contribution in [3.8, 4) is 5.75 Å². The van der Waals surface area contributed by atoms with Crippen molar-refractivity contribution in [2.24, 2.45) is 0 Å². The molecule has 0 aromatic heterocycles. The average molecular weight is 294 g/mol. The normalized spacial score (nSPS) is 11.1. The van der Waals surface area contributed by atoms with Crippen LogP contribution in [0.15, 0.2) is 23.1 Å². The molecule has 0 fully saturated rings. The molecule has 0 radical (unpaired) electrons. The monoisotopic (exact) mass is 293 g/mol. The largest absolute Gasteiger partial charge is 0.495 e. The molecule has 0 aliphatic rings. The van der Waals surface area contributed by atoms with Crippen LogP contribution in [0.25, 0.3) is 0 Å². The van der Waals surface area contributed by atoms with Gasteiger partial charge in [0.25, 0.3) is 0 Å². The summed E-state index contributed by atoms with van der Waals surface area (Å²) in [6.45, 7) is -0.454. The van der Waals surface area contributed by atoms with Gasteiger partial charge in [-0.2, -0.15) is 4.72 Å². The number of esters is 1.